The predicted molar refractivity (Wildman–Crippen MR) is 72.2 cm³/mol. The lowest BCUT2D eigenvalue weighted by Gasteiger charge is -2.03. The number of amides is 1. The third kappa shape index (κ3) is 3.42. The van der Waals surface area contributed by atoms with E-state index in [0.29, 0.717) is 13.0 Å². The first-order chi connectivity index (χ1) is 9.19. The van der Waals surface area contributed by atoms with E-state index in [1.54, 1.807) is 10.9 Å². The fourth-order valence-electron chi connectivity index (χ4n) is 1.78. The van der Waals surface area contributed by atoms with Crippen molar-refractivity contribution >= 4 is 11.6 Å². The Morgan fingerprint density at radius 2 is 2.32 bits per heavy atom. The van der Waals surface area contributed by atoms with Gasteiger partial charge in [0.05, 0.1) is 25.2 Å². The van der Waals surface area contributed by atoms with Crippen molar-refractivity contribution in [2.24, 2.45) is 0 Å². The minimum Gasteiger partial charge on any atom is -0.326 e. The first-order valence-electron chi connectivity index (χ1n) is 5.96. The third-order valence-corrected chi connectivity index (χ3v) is 2.60. The monoisotopic (exact) mass is 254 g/mol. The Morgan fingerprint density at radius 3 is 3.05 bits per heavy atom. The number of aromatic nitrogens is 2. The van der Waals surface area contributed by atoms with E-state index >= 15 is 0 Å². The SMILES string of the molecule is CC(=O)Nc1cccc(-c2cnn(CCC#N)c2)c1. The van der Waals surface area contributed by atoms with Crippen LogP contribution in [0.25, 0.3) is 11.1 Å². The molecule has 5 nitrogen and oxygen atoms in total. The molecule has 0 saturated carbocycles. The van der Waals surface area contributed by atoms with Crippen molar-refractivity contribution in [1.29, 1.82) is 5.26 Å². The molecule has 1 heterocycles. The number of hydrogen-bond acceptors (Lipinski definition) is 3. The Balaban J connectivity index is 2.19. The number of aryl methyl sites for hydroxylation is 1. The number of carbonyl (C=O) groups is 1. The largest absolute Gasteiger partial charge is 0.326 e. The molecule has 1 aromatic carbocycles. The molecule has 0 unspecified atom stereocenters. The van der Waals surface area contributed by atoms with Gasteiger partial charge in [-0.25, -0.2) is 0 Å². The predicted octanol–water partition coefficient (Wildman–Crippen LogP) is 2.42. The molecule has 1 aromatic heterocycles. The number of benzene rings is 1. The number of nitrogens with one attached hydrogen (secondary N) is 1. The number of hydrogen-bond donors (Lipinski definition) is 1. The van der Waals surface area contributed by atoms with Gasteiger partial charge in [0.1, 0.15) is 0 Å². The van der Waals surface area contributed by atoms with Crippen LogP contribution in [0.2, 0.25) is 0 Å². The summed E-state index contributed by atoms with van der Waals surface area (Å²) in [4.78, 5) is 11.0. The summed E-state index contributed by atoms with van der Waals surface area (Å²) in [6.45, 7) is 2.06. The summed E-state index contributed by atoms with van der Waals surface area (Å²) in [5.74, 6) is -0.0955. The second kappa shape index (κ2) is 5.83. The standard InChI is InChI=1S/C14H14N4O/c1-11(19)17-14-5-2-4-12(8-14)13-9-16-18(10-13)7-3-6-15/h2,4-5,8-10H,3,7H2,1H3,(H,17,19). The average Bonchev–Trinajstić information content (AvgIpc) is 2.84. The van der Waals surface area contributed by atoms with Gasteiger partial charge in [0.2, 0.25) is 5.91 Å². The second-order valence-corrected chi connectivity index (χ2v) is 4.16. The zero-order valence-corrected chi connectivity index (χ0v) is 10.6. The quantitative estimate of drug-likeness (QED) is 0.910. The molecule has 0 fully saturated rings. The number of nitrogens with zero attached hydrogens (tertiary/aromatic N) is 3. The Kier molecular flexibility index (Phi) is 3.94. The van der Waals surface area contributed by atoms with Gasteiger partial charge in [-0.2, -0.15) is 10.4 Å². The highest BCUT2D eigenvalue weighted by Crippen LogP contribution is 2.22. The van der Waals surface area contributed by atoms with Crippen molar-refractivity contribution in [2.75, 3.05) is 5.32 Å². The van der Waals surface area contributed by atoms with E-state index in [4.69, 9.17) is 5.26 Å². The molecule has 2 rings (SSSR count). The maximum atomic E-state index is 11.0. The Morgan fingerprint density at radius 1 is 1.47 bits per heavy atom. The summed E-state index contributed by atoms with van der Waals surface area (Å²) in [7, 11) is 0. The van der Waals surface area contributed by atoms with E-state index < -0.39 is 0 Å². The molecular formula is C14H14N4O. The molecule has 2 aromatic rings. The van der Waals surface area contributed by atoms with Gasteiger partial charge in [-0.1, -0.05) is 12.1 Å². The van der Waals surface area contributed by atoms with E-state index in [1.165, 1.54) is 6.92 Å². The molecule has 0 bridgehead atoms. The molecule has 0 spiro atoms. The first kappa shape index (κ1) is 12.8. The highest BCUT2D eigenvalue weighted by atomic mass is 16.1. The highest BCUT2D eigenvalue weighted by molar-refractivity contribution is 5.89. The zero-order chi connectivity index (χ0) is 13.7. The summed E-state index contributed by atoms with van der Waals surface area (Å²) in [5, 5.41) is 15.5. The summed E-state index contributed by atoms with van der Waals surface area (Å²) in [6, 6.07) is 9.66. The van der Waals surface area contributed by atoms with Crippen molar-refractivity contribution in [3.8, 4) is 17.2 Å². The van der Waals surface area contributed by atoms with Gasteiger partial charge in [0.15, 0.2) is 0 Å². The van der Waals surface area contributed by atoms with Gasteiger partial charge >= 0.3 is 0 Å². The maximum Gasteiger partial charge on any atom is 0.221 e. The smallest absolute Gasteiger partial charge is 0.221 e. The molecule has 5 heteroatoms. The summed E-state index contributed by atoms with van der Waals surface area (Å²) in [5.41, 5.74) is 2.70. The van der Waals surface area contributed by atoms with Gasteiger partial charge < -0.3 is 5.32 Å². The summed E-state index contributed by atoms with van der Waals surface area (Å²) < 4.78 is 1.74. The van der Waals surface area contributed by atoms with Crippen molar-refractivity contribution in [3.05, 3.63) is 36.7 Å². The second-order valence-electron chi connectivity index (χ2n) is 4.16. The van der Waals surface area contributed by atoms with Crippen LogP contribution in [-0.4, -0.2) is 15.7 Å². The number of rotatable bonds is 4. The molecule has 0 aliphatic rings. The van der Waals surface area contributed by atoms with Crippen LogP contribution in [0.5, 0.6) is 0 Å². The molecule has 19 heavy (non-hydrogen) atoms. The normalized spacial score (nSPS) is 9.89. The van der Waals surface area contributed by atoms with Crippen LogP contribution >= 0.6 is 0 Å². The Bertz CT molecular complexity index is 624. The summed E-state index contributed by atoms with van der Waals surface area (Å²) in [6.07, 6.45) is 4.08. The lowest BCUT2D eigenvalue weighted by molar-refractivity contribution is -0.114. The zero-order valence-electron chi connectivity index (χ0n) is 10.6. The number of anilines is 1. The van der Waals surface area contributed by atoms with Crippen LogP contribution in [0, 0.1) is 11.3 Å². The van der Waals surface area contributed by atoms with E-state index in [9.17, 15) is 4.79 Å². The Hall–Kier alpha value is -2.61. The topological polar surface area (TPSA) is 70.7 Å². The van der Waals surface area contributed by atoms with Crippen molar-refractivity contribution in [3.63, 3.8) is 0 Å². The molecule has 0 aliphatic carbocycles. The minimum absolute atomic E-state index is 0.0955. The minimum atomic E-state index is -0.0955. The van der Waals surface area contributed by atoms with Crippen LogP contribution in [0.3, 0.4) is 0 Å². The fourth-order valence-corrected chi connectivity index (χ4v) is 1.78. The molecular weight excluding hydrogens is 240 g/mol. The van der Waals surface area contributed by atoms with Gasteiger partial charge in [-0.05, 0) is 17.7 Å². The van der Waals surface area contributed by atoms with E-state index in [0.717, 1.165) is 16.8 Å². The van der Waals surface area contributed by atoms with Crippen LogP contribution in [0.1, 0.15) is 13.3 Å². The van der Waals surface area contributed by atoms with Crippen LogP contribution < -0.4 is 5.32 Å². The van der Waals surface area contributed by atoms with E-state index in [1.807, 2.05) is 30.5 Å². The van der Waals surface area contributed by atoms with Gasteiger partial charge in [0.25, 0.3) is 0 Å². The van der Waals surface area contributed by atoms with Gasteiger partial charge in [-0.3, -0.25) is 9.48 Å². The van der Waals surface area contributed by atoms with Crippen molar-refractivity contribution < 1.29 is 4.79 Å². The number of nitriles is 1. The molecule has 0 aliphatic heterocycles. The lowest BCUT2D eigenvalue weighted by Crippen LogP contribution is -2.05. The number of carbonyl (C=O) groups excluding carboxylic acids is 1. The van der Waals surface area contributed by atoms with E-state index in [2.05, 4.69) is 16.5 Å². The molecule has 96 valence electrons. The van der Waals surface area contributed by atoms with Crippen LogP contribution in [0.15, 0.2) is 36.7 Å². The van der Waals surface area contributed by atoms with Crippen molar-refractivity contribution in [1.82, 2.24) is 9.78 Å². The van der Waals surface area contributed by atoms with Crippen molar-refractivity contribution in [2.45, 2.75) is 19.9 Å². The summed E-state index contributed by atoms with van der Waals surface area (Å²) >= 11 is 0. The molecule has 0 atom stereocenters. The highest BCUT2D eigenvalue weighted by Gasteiger charge is 2.03. The molecule has 1 N–H and O–H groups in total. The van der Waals surface area contributed by atoms with Gasteiger partial charge in [0, 0.05) is 24.4 Å². The first-order valence-corrected chi connectivity index (χ1v) is 5.96. The lowest BCUT2D eigenvalue weighted by atomic mass is 10.1. The maximum absolute atomic E-state index is 11.0. The molecule has 1 amide bonds. The van der Waals surface area contributed by atoms with E-state index in [-0.39, 0.29) is 5.91 Å². The van der Waals surface area contributed by atoms with Gasteiger partial charge in [-0.15, -0.1) is 0 Å². The molecule has 0 saturated heterocycles. The third-order valence-electron chi connectivity index (χ3n) is 2.60. The Labute approximate surface area is 111 Å². The molecule has 0 radical (unpaired) electrons. The fraction of sp³-hybridized carbons (Fsp3) is 0.214. The average molecular weight is 254 g/mol. The van der Waals surface area contributed by atoms with Crippen LogP contribution in [0.4, 0.5) is 5.69 Å². The van der Waals surface area contributed by atoms with Crippen LogP contribution in [-0.2, 0) is 11.3 Å².